The van der Waals surface area contributed by atoms with Crippen molar-refractivity contribution in [1.82, 2.24) is 0 Å². The molecule has 0 aliphatic carbocycles. The lowest BCUT2D eigenvalue weighted by atomic mass is 9.96. The van der Waals surface area contributed by atoms with Gasteiger partial charge in [0.2, 0.25) is 5.78 Å². The molecule has 4 nitrogen and oxygen atoms in total. The third-order valence-corrected chi connectivity index (χ3v) is 3.56. The van der Waals surface area contributed by atoms with E-state index in [0.717, 1.165) is 5.56 Å². The minimum atomic E-state index is -0.409. The van der Waals surface area contributed by atoms with Crippen molar-refractivity contribution in [2.45, 2.75) is 0 Å². The van der Waals surface area contributed by atoms with E-state index in [4.69, 9.17) is 4.74 Å². The van der Waals surface area contributed by atoms with E-state index in [-0.39, 0.29) is 11.4 Å². The number of methoxy groups -OCH3 is 1. The van der Waals surface area contributed by atoms with Gasteiger partial charge in [0.1, 0.15) is 5.75 Å². The molecule has 0 unspecified atom stereocenters. The quantitative estimate of drug-likeness (QED) is 0.698. The van der Waals surface area contributed by atoms with Crippen LogP contribution in [0.25, 0.3) is 6.08 Å². The van der Waals surface area contributed by atoms with Gasteiger partial charge in [0.05, 0.1) is 18.4 Å². The Morgan fingerprint density at radius 2 is 1.83 bits per heavy atom. The maximum atomic E-state index is 12.5. The molecule has 0 saturated heterocycles. The monoisotopic (exact) mass is 305 g/mol. The lowest BCUT2D eigenvalue weighted by molar-refractivity contribution is -0.112. The van der Waals surface area contributed by atoms with Gasteiger partial charge in [-0.2, -0.15) is 0 Å². The minimum Gasteiger partial charge on any atom is -0.497 e. The van der Waals surface area contributed by atoms with E-state index in [9.17, 15) is 9.59 Å². The molecule has 2 aromatic carbocycles. The van der Waals surface area contributed by atoms with E-state index in [2.05, 4.69) is 5.32 Å². The van der Waals surface area contributed by atoms with E-state index in [1.165, 1.54) is 13.2 Å². The fourth-order valence-electron chi connectivity index (χ4n) is 2.36. The van der Waals surface area contributed by atoms with Gasteiger partial charge in [-0.1, -0.05) is 42.5 Å². The van der Waals surface area contributed by atoms with Crippen LogP contribution in [0.4, 0.5) is 5.69 Å². The van der Waals surface area contributed by atoms with Crippen LogP contribution in [-0.2, 0) is 4.79 Å². The van der Waals surface area contributed by atoms with Crippen LogP contribution in [0.5, 0.6) is 5.75 Å². The predicted molar refractivity (Wildman–Crippen MR) is 89.5 cm³/mol. The zero-order valence-electron chi connectivity index (χ0n) is 12.6. The Morgan fingerprint density at radius 1 is 1.04 bits per heavy atom. The average Bonchev–Trinajstić information content (AvgIpc) is 2.58. The van der Waals surface area contributed by atoms with E-state index in [0.29, 0.717) is 17.0 Å². The molecule has 114 valence electrons. The summed E-state index contributed by atoms with van der Waals surface area (Å²) >= 11 is 0. The number of amides is 1. The highest BCUT2D eigenvalue weighted by molar-refractivity contribution is 6.34. The molecule has 1 aliphatic heterocycles. The number of benzene rings is 2. The van der Waals surface area contributed by atoms with E-state index < -0.39 is 5.91 Å². The predicted octanol–water partition coefficient (Wildman–Crippen LogP) is 3.47. The Kier molecular flexibility index (Phi) is 4.06. The molecule has 1 aliphatic rings. The van der Waals surface area contributed by atoms with E-state index in [1.807, 2.05) is 36.4 Å². The zero-order chi connectivity index (χ0) is 16.2. The second-order valence-corrected chi connectivity index (χ2v) is 5.04. The van der Waals surface area contributed by atoms with Gasteiger partial charge in [0.25, 0.3) is 5.91 Å². The number of anilines is 1. The molecule has 0 aromatic heterocycles. The summed E-state index contributed by atoms with van der Waals surface area (Å²) in [5.41, 5.74) is 2.06. The first kappa shape index (κ1) is 14.8. The van der Waals surface area contributed by atoms with Crippen molar-refractivity contribution in [2.24, 2.45) is 0 Å². The van der Waals surface area contributed by atoms with Crippen molar-refractivity contribution in [3.63, 3.8) is 0 Å². The fraction of sp³-hybridized carbons (Fsp3) is 0.0526. The maximum Gasteiger partial charge on any atom is 0.259 e. The van der Waals surface area contributed by atoms with Gasteiger partial charge in [-0.15, -0.1) is 0 Å². The molecule has 1 N–H and O–H groups in total. The third-order valence-electron chi connectivity index (χ3n) is 3.56. The van der Waals surface area contributed by atoms with Crippen LogP contribution in [0.2, 0.25) is 0 Å². The molecule has 0 atom stereocenters. The first-order chi connectivity index (χ1) is 11.2. The van der Waals surface area contributed by atoms with Gasteiger partial charge in [0.15, 0.2) is 0 Å². The molecule has 1 amide bonds. The average molecular weight is 305 g/mol. The smallest absolute Gasteiger partial charge is 0.259 e. The molecular formula is C19H15NO3. The Morgan fingerprint density at radius 3 is 2.57 bits per heavy atom. The highest BCUT2D eigenvalue weighted by Crippen LogP contribution is 2.29. The number of Topliss-reactive ketones (excluding diaryl/α,β-unsaturated/α-hetero) is 1. The number of hydrogen-bond acceptors (Lipinski definition) is 3. The number of nitrogens with one attached hydrogen (secondary N) is 1. The molecule has 3 rings (SSSR count). The van der Waals surface area contributed by atoms with Gasteiger partial charge < -0.3 is 10.1 Å². The van der Waals surface area contributed by atoms with Crippen molar-refractivity contribution >= 4 is 23.5 Å². The van der Waals surface area contributed by atoms with E-state index >= 15 is 0 Å². The lowest BCUT2D eigenvalue weighted by Crippen LogP contribution is -2.27. The largest absolute Gasteiger partial charge is 0.497 e. The summed E-state index contributed by atoms with van der Waals surface area (Å²) in [5.74, 6) is -0.106. The van der Waals surface area contributed by atoms with Crippen molar-refractivity contribution in [1.29, 1.82) is 0 Å². The standard InChI is InChI=1S/C19H15NO3/c1-23-14-10-11-15-17(12-14)20-19(22)16(18(15)21)9-5-8-13-6-3-2-4-7-13/h2-12H,1H3,(H,20,22)/b8-5+,16-9-. The molecule has 0 saturated carbocycles. The van der Waals surface area contributed by atoms with Crippen molar-refractivity contribution < 1.29 is 14.3 Å². The van der Waals surface area contributed by atoms with Crippen LogP contribution < -0.4 is 10.1 Å². The van der Waals surface area contributed by atoms with Crippen LogP contribution >= 0.6 is 0 Å². The lowest BCUT2D eigenvalue weighted by Gasteiger charge is -2.18. The SMILES string of the molecule is COc1ccc2c(c1)NC(=O)/C(=C\C=C\c1ccccc1)C2=O. The van der Waals surface area contributed by atoms with Crippen molar-refractivity contribution in [2.75, 3.05) is 12.4 Å². The zero-order valence-corrected chi connectivity index (χ0v) is 12.6. The van der Waals surface area contributed by atoms with Crippen LogP contribution in [0.3, 0.4) is 0 Å². The normalized spacial score (nSPS) is 15.6. The number of ketones is 1. The molecule has 0 spiro atoms. The first-order valence-electron chi connectivity index (χ1n) is 7.16. The van der Waals surface area contributed by atoms with Crippen LogP contribution in [0, 0.1) is 0 Å². The summed E-state index contributed by atoms with van der Waals surface area (Å²) in [7, 11) is 1.54. The number of carbonyl (C=O) groups is 2. The Hall–Kier alpha value is -3.14. The Bertz CT molecular complexity index is 820. The maximum absolute atomic E-state index is 12.5. The number of carbonyl (C=O) groups excluding carboxylic acids is 2. The number of allylic oxidation sites excluding steroid dienone is 2. The highest BCUT2D eigenvalue weighted by atomic mass is 16.5. The molecule has 4 heteroatoms. The van der Waals surface area contributed by atoms with Gasteiger partial charge >= 0.3 is 0 Å². The van der Waals surface area contributed by atoms with Gasteiger partial charge in [-0.05, 0) is 23.8 Å². The highest BCUT2D eigenvalue weighted by Gasteiger charge is 2.28. The van der Waals surface area contributed by atoms with Crippen LogP contribution in [-0.4, -0.2) is 18.8 Å². The number of hydrogen-bond donors (Lipinski definition) is 1. The van der Waals surface area contributed by atoms with Crippen molar-refractivity contribution in [3.8, 4) is 5.75 Å². The first-order valence-corrected chi connectivity index (χ1v) is 7.16. The topological polar surface area (TPSA) is 55.4 Å². The fourth-order valence-corrected chi connectivity index (χ4v) is 2.36. The second-order valence-electron chi connectivity index (χ2n) is 5.04. The number of ether oxygens (including phenoxy) is 1. The number of fused-ring (bicyclic) bond motifs is 1. The molecule has 0 fully saturated rings. The number of rotatable bonds is 3. The molecule has 2 aromatic rings. The van der Waals surface area contributed by atoms with Gasteiger partial charge in [-0.25, -0.2) is 0 Å². The summed E-state index contributed by atoms with van der Waals surface area (Å²) in [4.78, 5) is 24.6. The van der Waals surface area contributed by atoms with Gasteiger partial charge in [-0.3, -0.25) is 9.59 Å². The molecule has 0 bridgehead atoms. The van der Waals surface area contributed by atoms with Crippen LogP contribution in [0.15, 0.2) is 66.3 Å². The summed E-state index contributed by atoms with van der Waals surface area (Å²) in [6.07, 6.45) is 5.09. The molecule has 1 heterocycles. The summed E-state index contributed by atoms with van der Waals surface area (Å²) < 4.78 is 5.10. The van der Waals surface area contributed by atoms with E-state index in [1.54, 1.807) is 24.3 Å². The second kappa shape index (κ2) is 6.32. The van der Waals surface area contributed by atoms with Crippen LogP contribution in [0.1, 0.15) is 15.9 Å². The Labute approximate surface area is 134 Å². The molecular weight excluding hydrogens is 290 g/mol. The molecule has 23 heavy (non-hydrogen) atoms. The minimum absolute atomic E-state index is 0.120. The summed E-state index contributed by atoms with van der Waals surface area (Å²) in [6, 6.07) is 14.7. The molecule has 0 radical (unpaired) electrons. The van der Waals surface area contributed by atoms with Crippen molar-refractivity contribution in [3.05, 3.63) is 77.4 Å². The summed E-state index contributed by atoms with van der Waals surface area (Å²) in [5, 5.41) is 2.72. The Balaban J connectivity index is 1.89. The van der Waals surface area contributed by atoms with Gasteiger partial charge in [0, 0.05) is 11.6 Å². The summed E-state index contributed by atoms with van der Waals surface area (Å²) in [6.45, 7) is 0. The third kappa shape index (κ3) is 3.06.